The number of para-hydroxylation sites is 1. The predicted octanol–water partition coefficient (Wildman–Crippen LogP) is 4.82. The maximum Gasteiger partial charge on any atom is 0.325 e. The van der Waals surface area contributed by atoms with Gasteiger partial charge in [-0.15, -0.1) is 0 Å². The lowest BCUT2D eigenvalue weighted by Gasteiger charge is -2.22. The summed E-state index contributed by atoms with van der Waals surface area (Å²) in [6.45, 7) is 0.635. The number of nitrogens with one attached hydrogen (secondary N) is 2. The number of hydrogen-bond acceptors (Lipinski definition) is 4. The summed E-state index contributed by atoms with van der Waals surface area (Å²) in [4.78, 5) is 38.4. The summed E-state index contributed by atoms with van der Waals surface area (Å²) >= 11 is 6.07. The number of hydrogen-bond donors (Lipinski definition) is 2. The van der Waals surface area contributed by atoms with E-state index in [2.05, 4.69) is 10.6 Å². The molecule has 4 rings (SSSR count). The van der Waals surface area contributed by atoms with Gasteiger partial charge in [0, 0.05) is 11.3 Å². The molecule has 1 unspecified atom stereocenters. The zero-order valence-corrected chi connectivity index (χ0v) is 18.5. The van der Waals surface area contributed by atoms with E-state index in [1.54, 1.807) is 48.5 Å². The lowest BCUT2D eigenvalue weighted by molar-refractivity contribution is -0.133. The number of rotatable bonds is 6. The normalized spacial score (nSPS) is 17.5. The average molecular weight is 486 g/mol. The van der Waals surface area contributed by atoms with Crippen LogP contribution < -0.4 is 15.4 Å². The van der Waals surface area contributed by atoms with Crippen molar-refractivity contribution in [3.05, 3.63) is 89.0 Å². The van der Waals surface area contributed by atoms with Gasteiger partial charge in [-0.1, -0.05) is 23.7 Å². The van der Waals surface area contributed by atoms with Crippen molar-refractivity contribution < 1.29 is 27.9 Å². The van der Waals surface area contributed by atoms with Gasteiger partial charge in [0.05, 0.1) is 5.02 Å². The highest BCUT2D eigenvalue weighted by Crippen LogP contribution is 2.32. The van der Waals surface area contributed by atoms with Crippen LogP contribution in [0.5, 0.6) is 11.5 Å². The summed E-state index contributed by atoms with van der Waals surface area (Å²) in [7, 11) is 0. The fraction of sp³-hybridized carbons (Fsp3) is 0.125. The predicted molar refractivity (Wildman–Crippen MR) is 121 cm³/mol. The molecule has 0 aromatic heterocycles. The second kappa shape index (κ2) is 9.11. The number of urea groups is 1. The highest BCUT2D eigenvalue weighted by Gasteiger charge is 2.50. The minimum absolute atomic E-state index is 0.331. The molecule has 1 heterocycles. The number of anilines is 1. The number of imide groups is 1. The molecule has 1 aliphatic rings. The monoisotopic (exact) mass is 485 g/mol. The number of ether oxygens (including phenoxy) is 1. The summed E-state index contributed by atoms with van der Waals surface area (Å²) in [5.41, 5.74) is -1.79. The van der Waals surface area contributed by atoms with Crippen LogP contribution in [0.2, 0.25) is 5.02 Å². The lowest BCUT2D eigenvalue weighted by Crippen LogP contribution is -2.42. The first-order valence-corrected chi connectivity index (χ1v) is 10.5. The Morgan fingerprint density at radius 2 is 1.79 bits per heavy atom. The van der Waals surface area contributed by atoms with Crippen LogP contribution in [0, 0.1) is 11.6 Å². The third kappa shape index (κ3) is 4.55. The van der Waals surface area contributed by atoms with Gasteiger partial charge >= 0.3 is 6.03 Å². The Kier molecular flexibility index (Phi) is 6.21. The minimum atomic E-state index is -1.85. The van der Waals surface area contributed by atoms with Crippen LogP contribution in [0.25, 0.3) is 0 Å². The smallest absolute Gasteiger partial charge is 0.325 e. The van der Waals surface area contributed by atoms with Gasteiger partial charge in [0.25, 0.3) is 5.91 Å². The summed E-state index contributed by atoms with van der Waals surface area (Å²) in [5.74, 6) is -2.21. The van der Waals surface area contributed by atoms with Crippen LogP contribution >= 0.6 is 11.6 Å². The van der Waals surface area contributed by atoms with Crippen LogP contribution in [0.15, 0.2) is 66.7 Å². The molecule has 0 spiro atoms. The molecule has 1 aliphatic heterocycles. The van der Waals surface area contributed by atoms with Gasteiger partial charge in [-0.3, -0.25) is 14.5 Å². The third-order valence-corrected chi connectivity index (χ3v) is 5.56. The molecule has 3 aromatic rings. The number of halogens is 3. The molecule has 3 aromatic carbocycles. The molecule has 34 heavy (non-hydrogen) atoms. The number of carbonyl (C=O) groups is 3. The first-order chi connectivity index (χ1) is 16.2. The number of nitrogens with zero attached hydrogens (tertiary/aromatic N) is 1. The van der Waals surface area contributed by atoms with Gasteiger partial charge in [0.2, 0.25) is 5.91 Å². The molecule has 0 saturated carbocycles. The molecule has 174 valence electrons. The van der Waals surface area contributed by atoms with Crippen molar-refractivity contribution in [1.29, 1.82) is 0 Å². The summed E-state index contributed by atoms with van der Waals surface area (Å²) in [5, 5.41) is 5.36. The van der Waals surface area contributed by atoms with E-state index < -0.39 is 41.6 Å². The van der Waals surface area contributed by atoms with E-state index in [1.165, 1.54) is 6.92 Å². The van der Waals surface area contributed by atoms with Crippen molar-refractivity contribution in [1.82, 2.24) is 10.2 Å². The van der Waals surface area contributed by atoms with Crippen molar-refractivity contribution in [3.63, 3.8) is 0 Å². The number of carbonyl (C=O) groups excluding carboxylic acids is 3. The van der Waals surface area contributed by atoms with Crippen LogP contribution in [0.4, 0.5) is 19.3 Å². The molecular weight excluding hydrogens is 468 g/mol. The Bertz CT molecular complexity index is 1290. The van der Waals surface area contributed by atoms with Gasteiger partial charge in [-0.2, -0.15) is 0 Å². The third-order valence-electron chi connectivity index (χ3n) is 5.25. The molecule has 1 atom stereocenters. The van der Waals surface area contributed by atoms with Gasteiger partial charge in [-0.05, 0) is 61.5 Å². The van der Waals surface area contributed by atoms with E-state index in [-0.39, 0.29) is 5.56 Å². The molecule has 2 N–H and O–H groups in total. The van der Waals surface area contributed by atoms with E-state index in [1.807, 2.05) is 0 Å². The summed E-state index contributed by atoms with van der Waals surface area (Å²) in [6.07, 6.45) is 0. The molecule has 0 aliphatic carbocycles. The van der Waals surface area contributed by atoms with Crippen molar-refractivity contribution in [3.8, 4) is 11.5 Å². The van der Waals surface area contributed by atoms with E-state index in [9.17, 15) is 23.2 Å². The average Bonchev–Trinajstić information content (AvgIpc) is 3.02. The van der Waals surface area contributed by atoms with Crippen molar-refractivity contribution in [2.24, 2.45) is 0 Å². The zero-order chi connectivity index (χ0) is 24.5. The van der Waals surface area contributed by atoms with Crippen LogP contribution in [-0.2, 0) is 15.1 Å². The van der Waals surface area contributed by atoms with E-state index >= 15 is 0 Å². The lowest BCUT2D eigenvalue weighted by atomic mass is 9.91. The molecular formula is C24H18ClF2N3O4. The van der Waals surface area contributed by atoms with Gasteiger partial charge in [0.15, 0.2) is 0 Å². The minimum Gasteiger partial charge on any atom is -0.456 e. The highest BCUT2D eigenvalue weighted by molar-refractivity contribution is 6.32. The van der Waals surface area contributed by atoms with Crippen molar-refractivity contribution in [2.45, 2.75) is 12.5 Å². The number of benzene rings is 3. The summed E-state index contributed by atoms with van der Waals surface area (Å²) in [6, 6.07) is 15.0. The Morgan fingerprint density at radius 3 is 2.50 bits per heavy atom. The standard InChI is InChI=1S/C24H18ClF2N3O4/c1-24(17-12-14(26)6-11-19(17)27)22(32)30(23(33)29-24)13-21(31)28-15-7-9-16(10-8-15)34-20-5-3-2-4-18(20)25/h2-12H,13H2,1H3,(H,28,31)(H,29,33). The van der Waals surface area contributed by atoms with Gasteiger partial charge < -0.3 is 15.4 Å². The molecule has 10 heteroatoms. The molecule has 4 amide bonds. The Balaban J connectivity index is 1.42. The Hall–Kier alpha value is -3.98. The quantitative estimate of drug-likeness (QED) is 0.490. The highest BCUT2D eigenvalue weighted by atomic mass is 35.5. The van der Waals surface area contributed by atoms with Gasteiger partial charge in [-0.25, -0.2) is 13.6 Å². The fourth-order valence-corrected chi connectivity index (χ4v) is 3.68. The first kappa shape index (κ1) is 23.2. The fourth-order valence-electron chi connectivity index (χ4n) is 3.51. The second-order valence-electron chi connectivity index (χ2n) is 7.68. The Morgan fingerprint density at radius 1 is 1.09 bits per heavy atom. The van der Waals surface area contributed by atoms with Crippen molar-refractivity contribution in [2.75, 3.05) is 11.9 Å². The second-order valence-corrected chi connectivity index (χ2v) is 8.08. The Labute approximate surface area is 198 Å². The van der Waals surface area contributed by atoms with Gasteiger partial charge in [0.1, 0.15) is 35.2 Å². The van der Waals surface area contributed by atoms with E-state index in [0.29, 0.717) is 27.1 Å². The maximum absolute atomic E-state index is 14.3. The van der Waals surface area contributed by atoms with Crippen molar-refractivity contribution >= 4 is 35.1 Å². The molecule has 1 saturated heterocycles. The van der Waals surface area contributed by atoms with Crippen LogP contribution in [0.1, 0.15) is 12.5 Å². The molecule has 0 radical (unpaired) electrons. The molecule has 0 bridgehead atoms. The zero-order valence-electron chi connectivity index (χ0n) is 17.8. The first-order valence-electron chi connectivity index (χ1n) is 10.1. The van der Waals surface area contributed by atoms with E-state index in [0.717, 1.165) is 18.2 Å². The van der Waals surface area contributed by atoms with Crippen LogP contribution in [0.3, 0.4) is 0 Å². The SMILES string of the molecule is CC1(c2cc(F)ccc2F)NC(=O)N(CC(=O)Nc2ccc(Oc3ccccc3Cl)cc2)C1=O. The van der Waals surface area contributed by atoms with E-state index in [4.69, 9.17) is 16.3 Å². The number of amides is 4. The topological polar surface area (TPSA) is 87.7 Å². The molecule has 7 nitrogen and oxygen atoms in total. The largest absolute Gasteiger partial charge is 0.456 e. The molecule has 1 fully saturated rings. The summed E-state index contributed by atoms with van der Waals surface area (Å²) < 4.78 is 33.6. The maximum atomic E-state index is 14.3. The van der Waals surface area contributed by atoms with Crippen LogP contribution in [-0.4, -0.2) is 29.3 Å².